The third-order valence-corrected chi connectivity index (χ3v) is 4.81. The van der Waals surface area contributed by atoms with E-state index in [1.54, 1.807) is 17.5 Å². The number of thiophene rings is 1. The minimum atomic E-state index is -0.259. The van der Waals surface area contributed by atoms with Crippen molar-refractivity contribution in [1.29, 1.82) is 0 Å². The van der Waals surface area contributed by atoms with E-state index in [9.17, 15) is 0 Å². The van der Waals surface area contributed by atoms with Gasteiger partial charge in [-0.15, -0.1) is 22.9 Å². The fourth-order valence-electron chi connectivity index (χ4n) is 1.83. The molecule has 0 N–H and O–H groups in total. The molecular weight excluding hydrogens is 299 g/mol. The van der Waals surface area contributed by atoms with Crippen LogP contribution in [0.5, 0.6) is 0 Å². The van der Waals surface area contributed by atoms with Crippen LogP contribution in [0.1, 0.15) is 15.8 Å². The summed E-state index contributed by atoms with van der Waals surface area (Å²) in [4.78, 5) is 0.955. The molecular formula is C14H10Cl2N2S. The molecule has 0 saturated carbocycles. The topological polar surface area (TPSA) is 17.8 Å². The minimum Gasteiger partial charge on any atom is -0.241 e. The Bertz CT molecular complexity index is 676. The highest BCUT2D eigenvalue weighted by Gasteiger charge is 2.17. The van der Waals surface area contributed by atoms with Gasteiger partial charge in [-0.25, -0.2) is 4.68 Å². The van der Waals surface area contributed by atoms with Gasteiger partial charge in [0.1, 0.15) is 0 Å². The zero-order chi connectivity index (χ0) is 13.2. The van der Waals surface area contributed by atoms with Crippen LogP contribution in [0, 0.1) is 0 Å². The van der Waals surface area contributed by atoms with E-state index >= 15 is 0 Å². The molecule has 2 heterocycles. The summed E-state index contributed by atoms with van der Waals surface area (Å²) >= 11 is 14.1. The summed E-state index contributed by atoms with van der Waals surface area (Å²) in [7, 11) is 0. The van der Waals surface area contributed by atoms with Crippen molar-refractivity contribution in [2.45, 2.75) is 5.38 Å². The van der Waals surface area contributed by atoms with Gasteiger partial charge in [0.25, 0.3) is 0 Å². The Morgan fingerprint density at radius 1 is 1.16 bits per heavy atom. The van der Waals surface area contributed by atoms with E-state index in [0.29, 0.717) is 5.02 Å². The maximum atomic E-state index is 6.45. The Morgan fingerprint density at radius 3 is 2.63 bits per heavy atom. The molecule has 1 atom stereocenters. The van der Waals surface area contributed by atoms with Gasteiger partial charge in [0, 0.05) is 16.6 Å². The van der Waals surface area contributed by atoms with Crippen molar-refractivity contribution >= 4 is 34.5 Å². The highest BCUT2D eigenvalue weighted by molar-refractivity contribution is 7.11. The van der Waals surface area contributed by atoms with E-state index in [1.807, 2.05) is 52.7 Å². The molecule has 19 heavy (non-hydrogen) atoms. The number of aromatic nitrogens is 2. The van der Waals surface area contributed by atoms with Gasteiger partial charge in [0.2, 0.25) is 0 Å². The predicted molar refractivity (Wildman–Crippen MR) is 80.6 cm³/mol. The number of rotatable bonds is 3. The molecule has 3 rings (SSSR count). The molecule has 0 aliphatic heterocycles. The molecule has 0 aliphatic rings. The molecule has 0 fully saturated rings. The molecule has 0 radical (unpaired) electrons. The van der Waals surface area contributed by atoms with Gasteiger partial charge in [-0.2, -0.15) is 5.10 Å². The summed E-state index contributed by atoms with van der Waals surface area (Å²) < 4.78 is 1.81. The van der Waals surface area contributed by atoms with E-state index < -0.39 is 0 Å². The second-order valence-electron chi connectivity index (χ2n) is 4.05. The molecule has 0 saturated heterocycles. The Morgan fingerprint density at radius 2 is 1.95 bits per heavy atom. The molecule has 0 amide bonds. The lowest BCUT2D eigenvalue weighted by molar-refractivity contribution is 0.880. The largest absolute Gasteiger partial charge is 0.241 e. The third-order valence-electron chi connectivity index (χ3n) is 2.79. The van der Waals surface area contributed by atoms with Crippen molar-refractivity contribution in [2.24, 2.45) is 0 Å². The first-order valence-electron chi connectivity index (χ1n) is 5.72. The van der Waals surface area contributed by atoms with Crippen LogP contribution in [0.2, 0.25) is 5.02 Å². The highest BCUT2D eigenvalue weighted by atomic mass is 35.5. The van der Waals surface area contributed by atoms with Crippen LogP contribution in [-0.4, -0.2) is 9.78 Å². The highest BCUT2D eigenvalue weighted by Crippen LogP contribution is 2.37. The van der Waals surface area contributed by atoms with Crippen molar-refractivity contribution in [3.63, 3.8) is 0 Å². The SMILES string of the molecule is Clc1ccsc1C(Cl)c1cnn(-c2ccccc2)c1. The maximum absolute atomic E-state index is 6.45. The number of benzene rings is 1. The Hall–Kier alpha value is -1.29. The summed E-state index contributed by atoms with van der Waals surface area (Å²) in [5, 5.41) is 6.73. The zero-order valence-electron chi connectivity index (χ0n) is 9.83. The van der Waals surface area contributed by atoms with Gasteiger partial charge in [-0.3, -0.25) is 0 Å². The van der Waals surface area contributed by atoms with E-state index in [2.05, 4.69) is 5.10 Å². The zero-order valence-corrected chi connectivity index (χ0v) is 12.2. The molecule has 0 aliphatic carbocycles. The van der Waals surface area contributed by atoms with E-state index in [4.69, 9.17) is 23.2 Å². The summed E-state index contributed by atoms with van der Waals surface area (Å²) in [6.07, 6.45) is 3.71. The fourth-order valence-corrected chi connectivity index (χ4v) is 3.43. The van der Waals surface area contributed by atoms with E-state index in [-0.39, 0.29) is 5.38 Å². The van der Waals surface area contributed by atoms with Gasteiger partial charge in [0.15, 0.2) is 0 Å². The normalized spacial score (nSPS) is 12.5. The quantitative estimate of drug-likeness (QED) is 0.628. The van der Waals surface area contributed by atoms with Gasteiger partial charge in [-0.1, -0.05) is 29.8 Å². The van der Waals surface area contributed by atoms with Crippen LogP contribution in [0.3, 0.4) is 0 Å². The maximum Gasteiger partial charge on any atom is 0.0973 e. The van der Waals surface area contributed by atoms with Crippen LogP contribution in [-0.2, 0) is 0 Å². The molecule has 0 spiro atoms. The smallest absolute Gasteiger partial charge is 0.0973 e. The number of halogens is 2. The predicted octanol–water partition coefficient (Wildman–Crippen LogP) is 4.92. The first kappa shape index (κ1) is 12.7. The Balaban J connectivity index is 1.92. The second-order valence-corrected chi connectivity index (χ2v) is 5.84. The van der Waals surface area contributed by atoms with Crippen molar-refractivity contribution < 1.29 is 0 Å². The van der Waals surface area contributed by atoms with Crippen LogP contribution in [0.4, 0.5) is 0 Å². The number of nitrogens with zero attached hydrogens (tertiary/aromatic N) is 2. The molecule has 96 valence electrons. The molecule has 5 heteroatoms. The third kappa shape index (κ3) is 2.54. The van der Waals surface area contributed by atoms with Crippen molar-refractivity contribution in [3.05, 3.63) is 69.6 Å². The number of hydrogen-bond donors (Lipinski definition) is 0. The number of hydrogen-bond acceptors (Lipinski definition) is 2. The molecule has 2 aromatic heterocycles. The molecule has 1 aromatic carbocycles. The fraction of sp³-hybridized carbons (Fsp3) is 0.0714. The average Bonchev–Trinajstić information content (AvgIpc) is 3.08. The Labute approximate surface area is 125 Å². The van der Waals surface area contributed by atoms with Gasteiger partial charge >= 0.3 is 0 Å². The van der Waals surface area contributed by atoms with E-state index in [1.165, 1.54) is 0 Å². The van der Waals surface area contributed by atoms with Crippen molar-refractivity contribution in [1.82, 2.24) is 9.78 Å². The van der Waals surface area contributed by atoms with E-state index in [0.717, 1.165) is 16.1 Å². The number of alkyl halides is 1. The van der Waals surface area contributed by atoms with Crippen LogP contribution < -0.4 is 0 Å². The minimum absolute atomic E-state index is 0.259. The summed E-state index contributed by atoms with van der Waals surface area (Å²) in [6.45, 7) is 0. The van der Waals surface area contributed by atoms with Gasteiger partial charge in [0.05, 0.1) is 22.3 Å². The number of para-hydroxylation sites is 1. The molecule has 2 nitrogen and oxygen atoms in total. The van der Waals surface area contributed by atoms with Crippen LogP contribution in [0.15, 0.2) is 54.2 Å². The van der Waals surface area contributed by atoms with Crippen molar-refractivity contribution in [3.8, 4) is 5.69 Å². The van der Waals surface area contributed by atoms with Crippen molar-refractivity contribution in [2.75, 3.05) is 0 Å². The lowest BCUT2D eigenvalue weighted by atomic mass is 10.2. The van der Waals surface area contributed by atoms with Gasteiger partial charge in [-0.05, 0) is 23.6 Å². The summed E-state index contributed by atoms with van der Waals surface area (Å²) in [6, 6.07) is 11.8. The van der Waals surface area contributed by atoms with Crippen LogP contribution in [0.25, 0.3) is 5.69 Å². The first-order valence-corrected chi connectivity index (χ1v) is 7.42. The molecule has 3 aromatic rings. The Kier molecular flexibility index (Phi) is 3.60. The first-order chi connectivity index (χ1) is 9.25. The monoisotopic (exact) mass is 308 g/mol. The van der Waals surface area contributed by atoms with Crippen LogP contribution >= 0.6 is 34.5 Å². The second kappa shape index (κ2) is 5.37. The summed E-state index contributed by atoms with van der Waals surface area (Å²) in [5.74, 6) is 0. The molecule has 1 unspecified atom stereocenters. The standard InChI is InChI=1S/C14H10Cl2N2S/c15-12-6-7-19-14(12)13(16)10-8-17-18(9-10)11-4-2-1-3-5-11/h1-9,13H. The summed E-state index contributed by atoms with van der Waals surface area (Å²) in [5.41, 5.74) is 1.95. The average molecular weight is 309 g/mol. The van der Waals surface area contributed by atoms with Gasteiger partial charge < -0.3 is 0 Å². The lowest BCUT2D eigenvalue weighted by Gasteiger charge is -2.05. The molecule has 0 bridgehead atoms. The lowest BCUT2D eigenvalue weighted by Crippen LogP contribution is -1.93.